The van der Waals surface area contributed by atoms with Crippen LogP contribution in [0.15, 0.2) is 24.3 Å². The molecule has 1 heterocycles. The third-order valence-electron chi connectivity index (χ3n) is 3.04. The minimum Gasteiger partial charge on any atom is -0.315 e. The molecular formula is C12H16BrN. The van der Waals surface area contributed by atoms with Gasteiger partial charge in [0.05, 0.1) is 4.32 Å². The topological polar surface area (TPSA) is 12.0 Å². The molecule has 2 rings (SSSR count). The lowest BCUT2D eigenvalue weighted by atomic mass is 9.92. The molecule has 0 aromatic heterocycles. The van der Waals surface area contributed by atoms with Crippen LogP contribution in [0.3, 0.4) is 0 Å². The first-order valence-corrected chi connectivity index (χ1v) is 6.03. The minimum absolute atomic E-state index is 0.139. The molecule has 1 N–H and O–H groups in total. The fourth-order valence-electron chi connectivity index (χ4n) is 2.10. The summed E-state index contributed by atoms with van der Waals surface area (Å²) in [5, 5.41) is 3.49. The molecule has 0 radical (unpaired) electrons. The zero-order valence-corrected chi connectivity index (χ0v) is 10.1. The third kappa shape index (κ3) is 1.73. The highest BCUT2D eigenvalue weighted by Crippen LogP contribution is 2.37. The Kier molecular flexibility index (Phi) is 2.93. The fraction of sp³-hybridized carbons (Fsp3) is 0.500. The van der Waals surface area contributed by atoms with Crippen LogP contribution in [0.5, 0.6) is 0 Å². The van der Waals surface area contributed by atoms with Gasteiger partial charge in [-0.15, -0.1) is 0 Å². The van der Waals surface area contributed by atoms with Crippen LogP contribution in [0.25, 0.3) is 0 Å². The zero-order valence-electron chi connectivity index (χ0n) is 8.52. The minimum atomic E-state index is 0.139. The summed E-state index contributed by atoms with van der Waals surface area (Å²) in [6, 6.07) is 8.76. The molecule has 0 aliphatic carbocycles. The first kappa shape index (κ1) is 10.2. The van der Waals surface area contributed by atoms with Gasteiger partial charge in [-0.3, -0.25) is 0 Å². The van der Waals surface area contributed by atoms with Crippen LogP contribution < -0.4 is 5.32 Å². The molecule has 0 amide bonds. The Morgan fingerprint density at radius 2 is 2.21 bits per heavy atom. The smallest absolute Gasteiger partial charge is 0.0630 e. The molecule has 1 aromatic carbocycles. The van der Waals surface area contributed by atoms with Gasteiger partial charge in [0.1, 0.15) is 0 Å². The molecule has 1 nitrogen and oxygen atoms in total. The van der Waals surface area contributed by atoms with Crippen molar-refractivity contribution in [3.63, 3.8) is 0 Å². The number of benzene rings is 1. The lowest BCUT2D eigenvalue weighted by molar-refractivity contribution is 0.559. The van der Waals surface area contributed by atoms with Crippen LogP contribution >= 0.6 is 15.9 Å². The van der Waals surface area contributed by atoms with E-state index < -0.39 is 0 Å². The van der Waals surface area contributed by atoms with Crippen LogP contribution in [-0.4, -0.2) is 13.1 Å². The van der Waals surface area contributed by atoms with E-state index in [0.29, 0.717) is 0 Å². The molecule has 0 fully saturated rings. The number of fused-ring (bicyclic) bond motifs is 1. The molecule has 0 saturated carbocycles. The lowest BCUT2D eigenvalue weighted by Gasteiger charge is -2.26. The number of hydrogen-bond donors (Lipinski definition) is 1. The van der Waals surface area contributed by atoms with Gasteiger partial charge in [-0.05, 0) is 30.5 Å². The maximum atomic E-state index is 3.88. The van der Waals surface area contributed by atoms with E-state index in [1.54, 1.807) is 0 Å². The van der Waals surface area contributed by atoms with Crippen LogP contribution in [0.1, 0.15) is 24.5 Å². The van der Waals surface area contributed by atoms with Gasteiger partial charge in [-0.2, -0.15) is 0 Å². The van der Waals surface area contributed by atoms with Crippen molar-refractivity contribution in [3.8, 4) is 0 Å². The van der Waals surface area contributed by atoms with E-state index in [2.05, 4.69) is 52.4 Å². The second-order valence-corrected chi connectivity index (χ2v) is 5.42. The monoisotopic (exact) mass is 253 g/mol. The summed E-state index contributed by atoms with van der Waals surface area (Å²) >= 11 is 3.88. The molecule has 1 aliphatic rings. The Morgan fingerprint density at radius 3 is 3.00 bits per heavy atom. The van der Waals surface area contributed by atoms with E-state index in [1.807, 2.05) is 0 Å². The molecule has 0 spiro atoms. The summed E-state index contributed by atoms with van der Waals surface area (Å²) in [7, 11) is 0. The summed E-state index contributed by atoms with van der Waals surface area (Å²) in [6.07, 6.45) is 2.26. The van der Waals surface area contributed by atoms with Crippen molar-refractivity contribution in [3.05, 3.63) is 35.4 Å². The normalized spacial score (nSPS) is 26.7. The number of nitrogens with one attached hydrogen (secondary N) is 1. The second-order valence-electron chi connectivity index (χ2n) is 3.90. The van der Waals surface area contributed by atoms with Crippen LogP contribution in [0.4, 0.5) is 0 Å². The predicted octanol–water partition coefficient (Wildman–Crippen LogP) is 2.83. The van der Waals surface area contributed by atoms with E-state index in [-0.39, 0.29) is 4.32 Å². The molecule has 0 saturated heterocycles. The maximum absolute atomic E-state index is 3.88. The quantitative estimate of drug-likeness (QED) is 0.760. The van der Waals surface area contributed by atoms with E-state index in [1.165, 1.54) is 11.1 Å². The first-order valence-electron chi connectivity index (χ1n) is 5.24. The Hall–Kier alpha value is -0.340. The van der Waals surface area contributed by atoms with Gasteiger partial charge in [0.15, 0.2) is 0 Å². The van der Waals surface area contributed by atoms with Crippen LogP contribution in [0, 0.1) is 0 Å². The van der Waals surface area contributed by atoms with Crippen LogP contribution in [0.2, 0.25) is 0 Å². The van der Waals surface area contributed by atoms with Gasteiger partial charge in [0.2, 0.25) is 0 Å². The Labute approximate surface area is 94.0 Å². The number of hydrogen-bond acceptors (Lipinski definition) is 1. The van der Waals surface area contributed by atoms with Crippen molar-refractivity contribution in [1.29, 1.82) is 0 Å². The molecule has 1 aromatic rings. The van der Waals surface area contributed by atoms with Crippen molar-refractivity contribution in [2.75, 3.05) is 13.1 Å². The predicted molar refractivity (Wildman–Crippen MR) is 63.9 cm³/mol. The average molecular weight is 254 g/mol. The molecule has 0 bridgehead atoms. The highest BCUT2D eigenvalue weighted by atomic mass is 79.9. The highest BCUT2D eigenvalue weighted by molar-refractivity contribution is 9.09. The van der Waals surface area contributed by atoms with Crippen molar-refractivity contribution < 1.29 is 0 Å². The van der Waals surface area contributed by atoms with E-state index in [9.17, 15) is 0 Å². The van der Waals surface area contributed by atoms with E-state index in [0.717, 1.165) is 25.9 Å². The zero-order chi connectivity index (χ0) is 10.0. The number of alkyl halides is 1. The number of halogens is 1. The summed E-state index contributed by atoms with van der Waals surface area (Å²) in [4.78, 5) is 0. The molecule has 1 unspecified atom stereocenters. The fourth-order valence-corrected chi connectivity index (χ4v) is 2.68. The first-order chi connectivity index (χ1) is 6.76. The van der Waals surface area contributed by atoms with Gasteiger partial charge < -0.3 is 5.32 Å². The molecule has 14 heavy (non-hydrogen) atoms. The van der Waals surface area contributed by atoms with Gasteiger partial charge in [0, 0.05) is 6.54 Å². The van der Waals surface area contributed by atoms with Crippen molar-refractivity contribution in [2.24, 2.45) is 0 Å². The van der Waals surface area contributed by atoms with Crippen molar-refractivity contribution >= 4 is 15.9 Å². The largest absolute Gasteiger partial charge is 0.315 e. The second kappa shape index (κ2) is 4.03. The van der Waals surface area contributed by atoms with Crippen molar-refractivity contribution in [2.45, 2.75) is 24.1 Å². The van der Waals surface area contributed by atoms with E-state index >= 15 is 0 Å². The van der Waals surface area contributed by atoms with Gasteiger partial charge in [-0.1, -0.05) is 47.1 Å². The summed E-state index contributed by atoms with van der Waals surface area (Å²) in [5.41, 5.74) is 2.95. The van der Waals surface area contributed by atoms with E-state index in [4.69, 9.17) is 0 Å². The standard InChI is InChI=1S/C12H16BrN/c1-2-12(13)9-14-8-7-10-5-3-4-6-11(10)12/h3-6,14H,2,7-9H2,1H3. The molecule has 1 aliphatic heterocycles. The Bertz CT molecular complexity index is 324. The molecule has 2 heteroatoms. The molecule has 1 atom stereocenters. The number of rotatable bonds is 1. The van der Waals surface area contributed by atoms with Gasteiger partial charge in [0.25, 0.3) is 0 Å². The summed E-state index contributed by atoms with van der Waals surface area (Å²) in [5.74, 6) is 0. The van der Waals surface area contributed by atoms with Crippen molar-refractivity contribution in [1.82, 2.24) is 5.32 Å². The molecular weight excluding hydrogens is 238 g/mol. The van der Waals surface area contributed by atoms with Gasteiger partial charge >= 0.3 is 0 Å². The maximum Gasteiger partial charge on any atom is 0.0630 e. The van der Waals surface area contributed by atoms with Crippen LogP contribution in [-0.2, 0) is 10.7 Å². The Morgan fingerprint density at radius 1 is 1.43 bits per heavy atom. The average Bonchev–Trinajstić information content (AvgIpc) is 2.40. The summed E-state index contributed by atoms with van der Waals surface area (Å²) in [6.45, 7) is 4.35. The Balaban J connectivity index is 2.47. The highest BCUT2D eigenvalue weighted by Gasteiger charge is 2.30. The lowest BCUT2D eigenvalue weighted by Crippen LogP contribution is -2.30. The van der Waals surface area contributed by atoms with Gasteiger partial charge in [-0.25, -0.2) is 0 Å². The SMILES string of the molecule is CCC1(Br)CNCCc2ccccc21. The summed E-state index contributed by atoms with van der Waals surface area (Å²) < 4.78 is 0.139. The molecule has 76 valence electrons. The third-order valence-corrected chi connectivity index (χ3v) is 4.31.